The van der Waals surface area contributed by atoms with Gasteiger partial charge in [0.05, 0.1) is 36.9 Å². The standard InChI is InChI=1S/2C28H40O7/c1-2-20(29)8-11-22-23-13-18-4-3-5-26(24(18)14-19(23)15-25(22)30)34-16-28(33)35-21-9-6-17(7-10-21)12-27(31)32;1-2-21(29)10-11-22-23-12-19-4-3-5-26(24(19)13-20(23)14-25(22)30)34-16-27(31)35-15-17-6-8-18(9-7-17)28(32)33/h3-5,17,19-23,25,29-30H,2,6-16H2,1H3,(H,31,32);3-5,17-18,20-23,25,29-30H,2,6-16H2,1H3,(H,32,33)/t17?,19-,20-,21?,22+,23-,25+;17?,18?,20-,21-,22+,23-,25+/m00/s1. The zero-order valence-electron chi connectivity index (χ0n) is 41.5. The molecule has 8 rings (SSSR count). The third kappa shape index (κ3) is 14.2. The fourth-order valence-corrected chi connectivity index (χ4v) is 13.1. The molecule has 4 fully saturated rings. The van der Waals surface area contributed by atoms with Crippen LogP contribution in [0, 0.1) is 53.3 Å². The predicted molar refractivity (Wildman–Crippen MR) is 260 cm³/mol. The van der Waals surface area contributed by atoms with E-state index in [4.69, 9.17) is 29.2 Å². The largest absolute Gasteiger partial charge is 0.482 e. The molecule has 0 amide bonds. The Morgan fingerprint density at radius 3 is 1.59 bits per heavy atom. The average molecular weight is 977 g/mol. The van der Waals surface area contributed by atoms with Crippen molar-refractivity contribution < 1.29 is 68.8 Å². The molecule has 0 saturated heterocycles. The van der Waals surface area contributed by atoms with E-state index >= 15 is 0 Å². The summed E-state index contributed by atoms with van der Waals surface area (Å²) in [5.41, 5.74) is 4.72. The van der Waals surface area contributed by atoms with Gasteiger partial charge in [0.15, 0.2) is 13.2 Å². The van der Waals surface area contributed by atoms with Crippen molar-refractivity contribution in [1.29, 1.82) is 0 Å². The highest BCUT2D eigenvalue weighted by Gasteiger charge is 2.46. The minimum Gasteiger partial charge on any atom is -0.482 e. The van der Waals surface area contributed by atoms with Crippen molar-refractivity contribution in [2.75, 3.05) is 19.8 Å². The molecule has 0 aromatic heterocycles. The molecular formula is C56H80O14. The van der Waals surface area contributed by atoms with Gasteiger partial charge in [0.2, 0.25) is 0 Å². The van der Waals surface area contributed by atoms with Crippen LogP contribution in [0.4, 0.5) is 0 Å². The van der Waals surface area contributed by atoms with Gasteiger partial charge in [-0.25, -0.2) is 9.59 Å². The number of fused-ring (bicyclic) bond motifs is 4. The van der Waals surface area contributed by atoms with Crippen LogP contribution in [0.5, 0.6) is 11.5 Å². The molecule has 4 saturated carbocycles. The lowest BCUT2D eigenvalue weighted by atomic mass is 9.73. The number of carbonyl (C=O) groups is 4. The number of carboxylic acids is 2. The van der Waals surface area contributed by atoms with Crippen LogP contribution in [-0.4, -0.2) is 105 Å². The summed E-state index contributed by atoms with van der Waals surface area (Å²) in [5, 5.41) is 59.5. The van der Waals surface area contributed by atoms with Crippen molar-refractivity contribution in [1.82, 2.24) is 0 Å². The van der Waals surface area contributed by atoms with E-state index in [0.29, 0.717) is 56.0 Å². The maximum atomic E-state index is 12.4. The molecule has 388 valence electrons. The minimum absolute atomic E-state index is 0.139. The van der Waals surface area contributed by atoms with Gasteiger partial charge in [-0.15, -0.1) is 0 Å². The van der Waals surface area contributed by atoms with Gasteiger partial charge < -0.3 is 49.6 Å². The van der Waals surface area contributed by atoms with Gasteiger partial charge >= 0.3 is 23.9 Å². The predicted octanol–water partition coefficient (Wildman–Crippen LogP) is 7.67. The Balaban J connectivity index is 0.000000206. The number of carboxylic acid groups (broad SMARTS) is 2. The molecule has 0 unspecified atom stereocenters. The van der Waals surface area contributed by atoms with E-state index in [-0.39, 0.29) is 85.7 Å². The molecule has 0 spiro atoms. The van der Waals surface area contributed by atoms with E-state index in [2.05, 4.69) is 12.1 Å². The molecule has 70 heavy (non-hydrogen) atoms. The van der Waals surface area contributed by atoms with Crippen molar-refractivity contribution in [3.05, 3.63) is 58.7 Å². The smallest absolute Gasteiger partial charge is 0.344 e. The topological polar surface area (TPSA) is 227 Å². The summed E-state index contributed by atoms with van der Waals surface area (Å²) in [5.74, 6) is 1.33. The Bertz CT molecular complexity index is 2040. The number of benzene rings is 2. The van der Waals surface area contributed by atoms with Crippen LogP contribution in [0.3, 0.4) is 0 Å². The van der Waals surface area contributed by atoms with Crippen molar-refractivity contribution in [3.63, 3.8) is 0 Å². The molecule has 6 aliphatic rings. The quantitative estimate of drug-likeness (QED) is 0.0701. The number of hydrogen-bond acceptors (Lipinski definition) is 12. The first-order chi connectivity index (χ1) is 33.7. The summed E-state index contributed by atoms with van der Waals surface area (Å²) in [4.78, 5) is 46.7. The second-order valence-corrected chi connectivity index (χ2v) is 21.7. The van der Waals surface area contributed by atoms with E-state index in [9.17, 15) is 39.6 Å². The van der Waals surface area contributed by atoms with Gasteiger partial charge in [0, 0.05) is 6.42 Å². The van der Waals surface area contributed by atoms with Gasteiger partial charge in [-0.3, -0.25) is 9.59 Å². The van der Waals surface area contributed by atoms with Gasteiger partial charge in [-0.05, 0) is 210 Å². The molecule has 0 heterocycles. The molecule has 2 aromatic carbocycles. The first kappa shape index (κ1) is 53.6. The second kappa shape index (κ2) is 25.4. The highest BCUT2D eigenvalue weighted by molar-refractivity contribution is 5.72. The van der Waals surface area contributed by atoms with Crippen molar-refractivity contribution in [2.24, 2.45) is 53.3 Å². The van der Waals surface area contributed by atoms with Crippen molar-refractivity contribution in [2.45, 2.75) is 179 Å². The summed E-state index contributed by atoms with van der Waals surface area (Å²) in [7, 11) is 0. The summed E-state index contributed by atoms with van der Waals surface area (Å²) in [6.45, 7) is 4.00. The van der Waals surface area contributed by atoms with E-state index in [1.165, 1.54) is 11.1 Å². The molecule has 2 aromatic rings. The lowest BCUT2D eigenvalue weighted by Crippen LogP contribution is -2.29. The number of carbonyl (C=O) groups excluding carboxylic acids is 2. The molecule has 6 aliphatic carbocycles. The maximum Gasteiger partial charge on any atom is 0.344 e. The van der Waals surface area contributed by atoms with Crippen LogP contribution in [-0.2, 0) is 54.3 Å². The van der Waals surface area contributed by atoms with Crippen LogP contribution in [0.15, 0.2) is 36.4 Å². The maximum absolute atomic E-state index is 12.4. The fraction of sp³-hybridized carbons (Fsp3) is 0.714. The van der Waals surface area contributed by atoms with E-state index in [0.717, 1.165) is 125 Å². The molecule has 0 aliphatic heterocycles. The van der Waals surface area contributed by atoms with Crippen LogP contribution < -0.4 is 9.47 Å². The molecule has 10 atom stereocenters. The van der Waals surface area contributed by atoms with Gasteiger partial charge in [-0.1, -0.05) is 38.1 Å². The number of ether oxygens (including phenoxy) is 4. The van der Waals surface area contributed by atoms with Crippen LogP contribution in [0.25, 0.3) is 0 Å². The SMILES string of the molecule is CC[C@H](O)CC[C@@H]1[C@H]2Cc3cccc(OCC(=O)OC4CCC(CC(=O)O)CC4)c3C[C@H]2C[C@H]1O.CC[C@H](O)CC[C@@H]1[C@H]2Cc3cccc(OCC(=O)OCC4CCC(C(=O)O)CC4)c3C[C@H]2C[C@H]1O. The highest BCUT2D eigenvalue weighted by Crippen LogP contribution is 2.50. The first-order valence-electron chi connectivity index (χ1n) is 26.7. The number of hydrogen-bond donors (Lipinski definition) is 6. The molecular weight excluding hydrogens is 897 g/mol. The number of esters is 2. The minimum atomic E-state index is -0.769. The molecule has 0 bridgehead atoms. The Morgan fingerprint density at radius 1 is 0.629 bits per heavy atom. The Hall–Kier alpha value is -4.24. The number of aliphatic hydroxyl groups is 4. The summed E-state index contributed by atoms with van der Waals surface area (Å²) in [6.07, 6.45) is 14.2. The molecule has 14 heteroatoms. The Labute approximate surface area is 413 Å². The number of aliphatic hydroxyl groups excluding tert-OH is 4. The van der Waals surface area contributed by atoms with Crippen molar-refractivity contribution >= 4 is 23.9 Å². The summed E-state index contributed by atoms with van der Waals surface area (Å²) >= 11 is 0. The van der Waals surface area contributed by atoms with Crippen LogP contribution in [0.1, 0.15) is 145 Å². The zero-order chi connectivity index (χ0) is 49.9. The number of aliphatic carboxylic acids is 2. The highest BCUT2D eigenvalue weighted by atomic mass is 16.6. The Morgan fingerprint density at radius 2 is 1.11 bits per heavy atom. The Kier molecular flexibility index (Phi) is 19.5. The lowest BCUT2D eigenvalue weighted by Gasteiger charge is -2.32. The van der Waals surface area contributed by atoms with E-state index < -0.39 is 17.9 Å². The molecule has 14 nitrogen and oxygen atoms in total. The average Bonchev–Trinajstić information content (AvgIpc) is 3.83. The van der Waals surface area contributed by atoms with Gasteiger partial charge in [-0.2, -0.15) is 0 Å². The second-order valence-electron chi connectivity index (χ2n) is 21.7. The van der Waals surface area contributed by atoms with Crippen molar-refractivity contribution in [3.8, 4) is 11.5 Å². The normalized spacial score (nSPS) is 30.7. The first-order valence-corrected chi connectivity index (χ1v) is 26.7. The fourth-order valence-electron chi connectivity index (χ4n) is 13.1. The molecule has 0 radical (unpaired) electrons. The summed E-state index contributed by atoms with van der Waals surface area (Å²) in [6, 6.07) is 12.0. The molecule has 6 N–H and O–H groups in total. The number of rotatable bonds is 20. The summed E-state index contributed by atoms with van der Waals surface area (Å²) < 4.78 is 22.9. The third-order valence-electron chi connectivity index (χ3n) is 17.2. The lowest BCUT2D eigenvalue weighted by molar-refractivity contribution is -0.154. The van der Waals surface area contributed by atoms with Gasteiger partial charge in [0.1, 0.15) is 17.6 Å². The third-order valence-corrected chi connectivity index (χ3v) is 17.2. The monoisotopic (exact) mass is 977 g/mol. The van der Waals surface area contributed by atoms with E-state index in [1.807, 2.05) is 38.1 Å². The van der Waals surface area contributed by atoms with Crippen LogP contribution >= 0.6 is 0 Å². The van der Waals surface area contributed by atoms with Gasteiger partial charge in [0.25, 0.3) is 0 Å². The van der Waals surface area contributed by atoms with Crippen LogP contribution in [0.2, 0.25) is 0 Å². The zero-order valence-corrected chi connectivity index (χ0v) is 41.5. The van der Waals surface area contributed by atoms with E-state index in [1.54, 1.807) is 0 Å².